The number of hydrogen-bond acceptors (Lipinski definition) is 3. The molecule has 3 N–H and O–H groups in total. The highest BCUT2D eigenvalue weighted by atomic mass is 32.1. The largest absolute Gasteiger partial charge is 0.494 e. The van der Waals surface area contributed by atoms with Crippen LogP contribution in [0, 0.1) is 5.82 Å². The fourth-order valence-electron chi connectivity index (χ4n) is 1.93. The van der Waals surface area contributed by atoms with Crippen molar-refractivity contribution in [2.24, 2.45) is 5.73 Å². The van der Waals surface area contributed by atoms with Crippen LogP contribution >= 0.6 is 12.2 Å². The van der Waals surface area contributed by atoms with Crippen molar-refractivity contribution < 1.29 is 13.9 Å². The highest BCUT2D eigenvalue weighted by Crippen LogP contribution is 2.20. The summed E-state index contributed by atoms with van der Waals surface area (Å²) in [5.41, 5.74) is 5.17. The Balaban J connectivity index is 3.01. The van der Waals surface area contributed by atoms with Crippen molar-refractivity contribution in [1.82, 2.24) is 5.32 Å². The van der Waals surface area contributed by atoms with E-state index in [-0.39, 0.29) is 16.3 Å². The maximum absolute atomic E-state index is 13.6. The van der Waals surface area contributed by atoms with Gasteiger partial charge in [0.05, 0.1) is 17.6 Å². The molecular weight excluding hydrogens is 279 g/mol. The first kappa shape index (κ1) is 16.4. The van der Waals surface area contributed by atoms with Gasteiger partial charge < -0.3 is 15.8 Å². The number of ether oxygens (including phenoxy) is 1. The van der Waals surface area contributed by atoms with Crippen LogP contribution in [0.3, 0.4) is 0 Å². The van der Waals surface area contributed by atoms with Gasteiger partial charge in [0, 0.05) is 5.56 Å². The first-order valence-electron chi connectivity index (χ1n) is 6.36. The van der Waals surface area contributed by atoms with E-state index in [4.69, 9.17) is 22.7 Å². The van der Waals surface area contributed by atoms with Crippen molar-refractivity contribution >= 4 is 23.1 Å². The molecule has 1 rings (SSSR count). The summed E-state index contributed by atoms with van der Waals surface area (Å²) < 4.78 is 18.4. The number of amides is 1. The predicted octanol–water partition coefficient (Wildman–Crippen LogP) is 2.41. The van der Waals surface area contributed by atoms with Crippen LogP contribution in [0.2, 0.25) is 0 Å². The summed E-state index contributed by atoms with van der Waals surface area (Å²) >= 11 is 5.03. The van der Waals surface area contributed by atoms with Gasteiger partial charge in [-0.3, -0.25) is 4.79 Å². The van der Waals surface area contributed by atoms with Crippen LogP contribution in [0.1, 0.15) is 37.0 Å². The molecule has 110 valence electrons. The third kappa shape index (κ3) is 3.25. The molecule has 0 saturated carbocycles. The number of thiocarbonyl (C=S) groups is 1. The third-order valence-corrected chi connectivity index (χ3v) is 3.84. The summed E-state index contributed by atoms with van der Waals surface area (Å²) in [4.78, 5) is 12.4. The fraction of sp³-hybridized carbons (Fsp3) is 0.429. The average Bonchev–Trinajstić information content (AvgIpc) is 2.44. The highest BCUT2D eigenvalue weighted by Gasteiger charge is 2.31. The van der Waals surface area contributed by atoms with Gasteiger partial charge in [0.25, 0.3) is 5.91 Å². The smallest absolute Gasteiger partial charge is 0.252 e. The van der Waals surface area contributed by atoms with Gasteiger partial charge >= 0.3 is 0 Å². The zero-order chi connectivity index (χ0) is 15.3. The van der Waals surface area contributed by atoms with E-state index in [1.807, 2.05) is 13.8 Å². The Bertz CT molecular complexity index is 516. The summed E-state index contributed by atoms with van der Waals surface area (Å²) in [6, 6.07) is 4.03. The average molecular weight is 298 g/mol. The predicted molar refractivity (Wildman–Crippen MR) is 80.5 cm³/mol. The maximum Gasteiger partial charge on any atom is 0.252 e. The second-order valence-corrected chi connectivity index (χ2v) is 4.90. The van der Waals surface area contributed by atoms with Gasteiger partial charge in [-0.15, -0.1) is 0 Å². The van der Waals surface area contributed by atoms with Gasteiger partial charge in [-0.25, -0.2) is 4.39 Å². The molecule has 0 heterocycles. The quantitative estimate of drug-likeness (QED) is 0.792. The van der Waals surface area contributed by atoms with Crippen LogP contribution in [0.25, 0.3) is 0 Å². The second-order valence-electron chi connectivity index (χ2n) is 4.46. The zero-order valence-electron chi connectivity index (χ0n) is 11.8. The minimum absolute atomic E-state index is 0.0909. The molecular formula is C14H19FN2O2S. The minimum Gasteiger partial charge on any atom is -0.494 e. The molecule has 0 fully saturated rings. The van der Waals surface area contributed by atoms with Crippen LogP contribution in [0.5, 0.6) is 5.75 Å². The van der Waals surface area contributed by atoms with E-state index in [9.17, 15) is 9.18 Å². The second kappa shape index (κ2) is 6.65. The number of nitrogens with two attached hydrogens (primary N) is 1. The summed E-state index contributed by atoms with van der Waals surface area (Å²) in [7, 11) is 1.37. The summed E-state index contributed by atoms with van der Waals surface area (Å²) in [6.07, 6.45) is 1.15. The van der Waals surface area contributed by atoms with Crippen LogP contribution < -0.4 is 15.8 Å². The lowest BCUT2D eigenvalue weighted by atomic mass is 9.92. The van der Waals surface area contributed by atoms with Crippen molar-refractivity contribution in [2.75, 3.05) is 7.11 Å². The number of hydrogen-bond donors (Lipinski definition) is 2. The SMILES string of the molecule is CCC(CC)(NC(=O)c1ccc(OC)c(F)c1)C(N)=S. The van der Waals surface area contributed by atoms with Crippen molar-refractivity contribution in [3.8, 4) is 5.75 Å². The van der Waals surface area contributed by atoms with Crippen LogP contribution in [0.4, 0.5) is 4.39 Å². The van der Waals surface area contributed by atoms with Gasteiger partial charge in [0.15, 0.2) is 11.6 Å². The van der Waals surface area contributed by atoms with Crippen molar-refractivity contribution in [3.63, 3.8) is 0 Å². The van der Waals surface area contributed by atoms with Gasteiger partial charge in [-0.05, 0) is 31.0 Å². The summed E-state index contributed by atoms with van der Waals surface area (Å²) in [5.74, 6) is -0.912. The molecule has 0 aromatic heterocycles. The van der Waals surface area contributed by atoms with Gasteiger partial charge in [0.1, 0.15) is 0 Å². The molecule has 1 amide bonds. The van der Waals surface area contributed by atoms with E-state index in [1.54, 1.807) is 0 Å². The Kier molecular flexibility index (Phi) is 5.44. The maximum atomic E-state index is 13.6. The number of halogens is 1. The Morgan fingerprint density at radius 2 is 2.05 bits per heavy atom. The Morgan fingerprint density at radius 3 is 2.45 bits per heavy atom. The lowest BCUT2D eigenvalue weighted by molar-refractivity contribution is 0.0919. The number of nitrogens with one attached hydrogen (secondary N) is 1. The molecule has 6 heteroatoms. The normalized spacial score (nSPS) is 11.0. The van der Waals surface area contributed by atoms with Crippen molar-refractivity contribution in [3.05, 3.63) is 29.6 Å². The van der Waals surface area contributed by atoms with Gasteiger partial charge in [0.2, 0.25) is 0 Å². The molecule has 0 saturated heterocycles. The topological polar surface area (TPSA) is 64.3 Å². The Morgan fingerprint density at radius 1 is 1.45 bits per heavy atom. The fourth-order valence-corrected chi connectivity index (χ4v) is 2.27. The van der Waals surface area contributed by atoms with E-state index in [1.165, 1.54) is 19.2 Å². The number of benzene rings is 1. The first-order valence-corrected chi connectivity index (χ1v) is 6.77. The minimum atomic E-state index is -0.747. The Labute approximate surface area is 123 Å². The zero-order valence-corrected chi connectivity index (χ0v) is 12.6. The lowest BCUT2D eigenvalue weighted by Crippen LogP contribution is -2.55. The Hall–Kier alpha value is -1.69. The van der Waals surface area contributed by atoms with E-state index in [2.05, 4.69) is 5.32 Å². The molecule has 0 aliphatic carbocycles. The van der Waals surface area contributed by atoms with E-state index in [0.29, 0.717) is 12.8 Å². The first-order chi connectivity index (χ1) is 9.40. The van der Waals surface area contributed by atoms with E-state index < -0.39 is 17.3 Å². The number of carbonyl (C=O) groups is 1. The van der Waals surface area contributed by atoms with Crippen molar-refractivity contribution in [2.45, 2.75) is 32.2 Å². The summed E-state index contributed by atoms with van der Waals surface area (Å²) in [6.45, 7) is 3.77. The molecule has 0 atom stereocenters. The molecule has 0 aliphatic heterocycles. The standard InChI is InChI=1S/C14H19FN2O2S/c1-4-14(5-2,13(16)20)17-12(18)9-6-7-11(19-3)10(15)8-9/h6-8H,4-5H2,1-3H3,(H2,16,20)(H,17,18). The van der Waals surface area contributed by atoms with Crippen LogP contribution in [-0.4, -0.2) is 23.5 Å². The molecule has 0 radical (unpaired) electrons. The third-order valence-electron chi connectivity index (χ3n) is 3.45. The monoisotopic (exact) mass is 298 g/mol. The molecule has 4 nitrogen and oxygen atoms in total. The van der Waals surface area contributed by atoms with Gasteiger partial charge in [-0.1, -0.05) is 26.1 Å². The molecule has 1 aromatic rings. The molecule has 0 bridgehead atoms. The number of carbonyl (C=O) groups excluding carboxylic acids is 1. The number of methoxy groups -OCH3 is 1. The molecule has 0 unspecified atom stereocenters. The molecule has 0 aliphatic rings. The number of rotatable bonds is 6. The lowest BCUT2D eigenvalue weighted by Gasteiger charge is -2.31. The van der Waals surface area contributed by atoms with Crippen molar-refractivity contribution in [1.29, 1.82) is 0 Å². The van der Waals surface area contributed by atoms with Crippen LogP contribution in [-0.2, 0) is 0 Å². The van der Waals surface area contributed by atoms with Crippen LogP contribution in [0.15, 0.2) is 18.2 Å². The van der Waals surface area contributed by atoms with E-state index >= 15 is 0 Å². The highest BCUT2D eigenvalue weighted by molar-refractivity contribution is 7.80. The van der Waals surface area contributed by atoms with Gasteiger partial charge in [-0.2, -0.15) is 0 Å². The molecule has 0 spiro atoms. The molecule has 20 heavy (non-hydrogen) atoms. The molecule has 1 aromatic carbocycles. The van der Waals surface area contributed by atoms with E-state index in [0.717, 1.165) is 6.07 Å². The summed E-state index contributed by atoms with van der Waals surface area (Å²) in [5, 5.41) is 2.80.